The summed E-state index contributed by atoms with van der Waals surface area (Å²) >= 11 is 0. The number of methoxy groups -OCH3 is 1. The van der Waals surface area contributed by atoms with Gasteiger partial charge in [-0.05, 0) is 49.2 Å². The zero-order valence-electron chi connectivity index (χ0n) is 14.4. The quantitative estimate of drug-likeness (QED) is 0.774. The topological polar surface area (TPSA) is 47.6 Å². The van der Waals surface area contributed by atoms with Crippen LogP contribution < -0.4 is 10.1 Å². The van der Waals surface area contributed by atoms with E-state index in [1.165, 1.54) is 13.2 Å². The van der Waals surface area contributed by atoms with Gasteiger partial charge in [-0.15, -0.1) is 0 Å². The first kappa shape index (κ1) is 18.9. The highest BCUT2D eigenvalue weighted by molar-refractivity contribution is 5.74. The van der Waals surface area contributed by atoms with Gasteiger partial charge in [0.2, 0.25) is 0 Å². The summed E-state index contributed by atoms with van der Waals surface area (Å²) < 4.78 is 36.3. The molecule has 0 spiro atoms. The van der Waals surface area contributed by atoms with E-state index in [4.69, 9.17) is 4.74 Å². The van der Waals surface area contributed by atoms with E-state index < -0.39 is 23.7 Å². The van der Waals surface area contributed by atoms with Crippen molar-refractivity contribution in [3.8, 4) is 5.75 Å². The molecule has 0 heterocycles. The predicted molar refractivity (Wildman–Crippen MR) is 90.2 cm³/mol. The smallest absolute Gasteiger partial charge is 0.346 e. The average Bonchev–Trinajstić information content (AvgIpc) is 2.62. The van der Waals surface area contributed by atoms with Gasteiger partial charge in [0.05, 0.1) is 7.11 Å². The van der Waals surface area contributed by atoms with Crippen molar-refractivity contribution in [3.05, 3.63) is 65.2 Å². The number of carbonyl (C=O) groups is 1. The van der Waals surface area contributed by atoms with Crippen LogP contribution in [0.5, 0.6) is 5.75 Å². The molecule has 0 radical (unpaired) electrons. The third kappa shape index (κ3) is 5.26. The number of nitrogens with one attached hydrogen (secondary N) is 1. The first-order valence-corrected chi connectivity index (χ1v) is 7.92. The van der Waals surface area contributed by atoms with Crippen LogP contribution in [0.4, 0.5) is 8.78 Å². The molecule has 2 aromatic rings. The highest BCUT2D eigenvalue weighted by Gasteiger charge is 2.14. The first-order valence-electron chi connectivity index (χ1n) is 7.92. The van der Waals surface area contributed by atoms with Gasteiger partial charge < -0.3 is 14.8 Å². The minimum atomic E-state index is -0.854. The van der Waals surface area contributed by atoms with Crippen LogP contribution in [0.3, 0.4) is 0 Å². The molecule has 0 bridgehead atoms. The fraction of sp³-hybridized carbons (Fsp3) is 0.316. The molecule has 0 saturated heterocycles. The number of hydrogen-bond acceptors (Lipinski definition) is 4. The monoisotopic (exact) mass is 349 g/mol. The van der Waals surface area contributed by atoms with Gasteiger partial charge in [-0.2, -0.15) is 0 Å². The lowest BCUT2D eigenvalue weighted by molar-refractivity contribution is -0.147. The van der Waals surface area contributed by atoms with E-state index in [1.807, 2.05) is 19.1 Å². The van der Waals surface area contributed by atoms with Crippen LogP contribution in [-0.4, -0.2) is 19.2 Å². The van der Waals surface area contributed by atoms with Crippen molar-refractivity contribution in [2.24, 2.45) is 0 Å². The Hall–Kier alpha value is -2.47. The van der Waals surface area contributed by atoms with Crippen molar-refractivity contribution >= 4 is 5.97 Å². The molecule has 0 amide bonds. The summed E-state index contributed by atoms with van der Waals surface area (Å²) in [4.78, 5) is 11.3. The Balaban J connectivity index is 1.90. The van der Waals surface area contributed by atoms with Gasteiger partial charge in [-0.3, -0.25) is 0 Å². The Labute approximate surface area is 145 Å². The number of benzene rings is 2. The number of esters is 1. The molecule has 4 nitrogen and oxygen atoms in total. The summed E-state index contributed by atoms with van der Waals surface area (Å²) in [6, 6.07) is 11.0. The molecule has 0 aliphatic carbocycles. The maximum Gasteiger partial charge on any atom is 0.346 e. The third-order valence-corrected chi connectivity index (χ3v) is 3.83. The molecule has 2 atom stereocenters. The molecular weight excluding hydrogens is 328 g/mol. The largest absolute Gasteiger partial charge is 0.479 e. The van der Waals surface area contributed by atoms with E-state index >= 15 is 0 Å². The van der Waals surface area contributed by atoms with Crippen molar-refractivity contribution in [1.82, 2.24) is 5.32 Å². The Bertz CT molecular complexity index is 719. The molecular formula is C19H21F2NO3. The summed E-state index contributed by atoms with van der Waals surface area (Å²) in [6.07, 6.45) is -0.678. The van der Waals surface area contributed by atoms with Crippen molar-refractivity contribution in [3.63, 3.8) is 0 Å². The van der Waals surface area contributed by atoms with E-state index in [2.05, 4.69) is 10.1 Å². The second-order valence-corrected chi connectivity index (χ2v) is 5.70. The molecule has 0 fully saturated rings. The van der Waals surface area contributed by atoms with Gasteiger partial charge in [0.25, 0.3) is 0 Å². The second kappa shape index (κ2) is 8.58. The Kier molecular flexibility index (Phi) is 6.47. The van der Waals surface area contributed by atoms with Crippen molar-refractivity contribution in [2.75, 3.05) is 7.11 Å². The predicted octanol–water partition coefficient (Wildman–Crippen LogP) is 3.76. The van der Waals surface area contributed by atoms with Gasteiger partial charge in [0.15, 0.2) is 17.7 Å². The lowest BCUT2D eigenvalue weighted by atomic mass is 10.1. The second-order valence-electron chi connectivity index (χ2n) is 5.70. The van der Waals surface area contributed by atoms with Crippen molar-refractivity contribution in [1.29, 1.82) is 0 Å². The first-order chi connectivity index (χ1) is 11.9. The average molecular weight is 349 g/mol. The molecule has 0 aromatic heterocycles. The summed E-state index contributed by atoms with van der Waals surface area (Å²) in [5.41, 5.74) is 1.67. The van der Waals surface area contributed by atoms with Gasteiger partial charge in [-0.25, -0.2) is 13.6 Å². The number of halogens is 2. The molecule has 0 unspecified atom stereocenters. The van der Waals surface area contributed by atoms with E-state index in [9.17, 15) is 13.6 Å². The third-order valence-electron chi connectivity index (χ3n) is 3.83. The van der Waals surface area contributed by atoms with Crippen LogP contribution in [0.1, 0.15) is 31.0 Å². The van der Waals surface area contributed by atoms with E-state index in [0.29, 0.717) is 17.9 Å². The SMILES string of the molecule is COC(=O)[C@@H](C)Oc1ccc(CN[C@@H](C)c2ccc(F)c(F)c2)cc1. The van der Waals surface area contributed by atoms with Gasteiger partial charge in [0, 0.05) is 12.6 Å². The highest BCUT2D eigenvalue weighted by Crippen LogP contribution is 2.18. The zero-order chi connectivity index (χ0) is 18.4. The van der Waals surface area contributed by atoms with Crippen LogP contribution in [0.2, 0.25) is 0 Å². The summed E-state index contributed by atoms with van der Waals surface area (Å²) in [7, 11) is 1.31. The summed E-state index contributed by atoms with van der Waals surface area (Å²) in [6.45, 7) is 4.04. The van der Waals surface area contributed by atoms with Crippen LogP contribution >= 0.6 is 0 Å². The summed E-state index contributed by atoms with van der Waals surface area (Å²) in [5.74, 6) is -1.58. The van der Waals surface area contributed by atoms with Crippen molar-refractivity contribution in [2.45, 2.75) is 32.5 Å². The number of ether oxygens (including phenoxy) is 2. The van der Waals surface area contributed by atoms with Crippen LogP contribution in [0, 0.1) is 11.6 Å². The number of hydrogen-bond donors (Lipinski definition) is 1. The normalized spacial score (nSPS) is 13.2. The zero-order valence-corrected chi connectivity index (χ0v) is 14.4. The molecule has 25 heavy (non-hydrogen) atoms. The fourth-order valence-corrected chi connectivity index (χ4v) is 2.27. The highest BCUT2D eigenvalue weighted by atomic mass is 19.2. The van der Waals surface area contributed by atoms with Crippen LogP contribution in [0.25, 0.3) is 0 Å². The van der Waals surface area contributed by atoms with Gasteiger partial charge in [-0.1, -0.05) is 18.2 Å². The molecule has 1 N–H and O–H groups in total. The lowest BCUT2D eigenvalue weighted by Crippen LogP contribution is -2.24. The van der Waals surface area contributed by atoms with Gasteiger partial charge in [0.1, 0.15) is 5.75 Å². The Morgan fingerprint density at radius 1 is 1.08 bits per heavy atom. The number of rotatable bonds is 7. The molecule has 0 saturated carbocycles. The van der Waals surface area contributed by atoms with Crippen LogP contribution in [-0.2, 0) is 16.1 Å². The maximum absolute atomic E-state index is 13.3. The van der Waals surface area contributed by atoms with E-state index in [0.717, 1.165) is 11.6 Å². The fourth-order valence-electron chi connectivity index (χ4n) is 2.27. The summed E-state index contributed by atoms with van der Waals surface area (Å²) in [5, 5.41) is 3.25. The lowest BCUT2D eigenvalue weighted by Gasteiger charge is -2.15. The molecule has 2 aromatic carbocycles. The maximum atomic E-state index is 13.3. The minimum absolute atomic E-state index is 0.134. The Morgan fingerprint density at radius 3 is 2.36 bits per heavy atom. The Morgan fingerprint density at radius 2 is 1.76 bits per heavy atom. The molecule has 0 aliphatic heterocycles. The molecule has 6 heteroatoms. The van der Waals surface area contributed by atoms with E-state index in [1.54, 1.807) is 25.1 Å². The minimum Gasteiger partial charge on any atom is -0.479 e. The standard InChI is InChI=1S/C19H21F2NO3/c1-12(15-6-9-17(20)18(21)10-15)22-11-14-4-7-16(8-5-14)25-13(2)19(23)24-3/h4-10,12-13,22H,11H2,1-3H3/t12-,13+/m0/s1. The van der Waals surface area contributed by atoms with Gasteiger partial charge >= 0.3 is 5.97 Å². The molecule has 0 aliphatic rings. The molecule has 2 rings (SSSR count). The van der Waals surface area contributed by atoms with Crippen LogP contribution in [0.15, 0.2) is 42.5 Å². The molecule has 134 valence electrons. The van der Waals surface area contributed by atoms with E-state index in [-0.39, 0.29) is 6.04 Å². The number of carbonyl (C=O) groups excluding carboxylic acids is 1. The van der Waals surface area contributed by atoms with Crippen molar-refractivity contribution < 1.29 is 23.0 Å².